The summed E-state index contributed by atoms with van der Waals surface area (Å²) in [7, 11) is 1.88. The van der Waals surface area contributed by atoms with Crippen LogP contribution in [-0.2, 0) is 6.42 Å². The topological polar surface area (TPSA) is 32.3 Å². The molecule has 3 atom stereocenters. The van der Waals surface area contributed by atoms with Crippen LogP contribution in [-0.4, -0.2) is 18.3 Å². The van der Waals surface area contributed by atoms with Gasteiger partial charge in [-0.1, -0.05) is 53.5 Å². The van der Waals surface area contributed by atoms with Crippen molar-refractivity contribution in [3.8, 4) is 0 Å². The van der Waals surface area contributed by atoms with Crippen molar-refractivity contribution in [2.75, 3.05) is 7.05 Å². The van der Waals surface area contributed by atoms with Crippen molar-refractivity contribution >= 4 is 23.2 Å². The van der Waals surface area contributed by atoms with Gasteiger partial charge in [0.05, 0.1) is 22.2 Å². The van der Waals surface area contributed by atoms with Gasteiger partial charge in [0.2, 0.25) is 0 Å². The van der Waals surface area contributed by atoms with Crippen molar-refractivity contribution in [3.05, 3.63) is 69.2 Å². The molecule has 0 spiro atoms. The van der Waals surface area contributed by atoms with Crippen molar-refractivity contribution < 1.29 is 5.11 Å². The summed E-state index contributed by atoms with van der Waals surface area (Å²) in [5.74, 6) is 0.0656. The molecule has 0 saturated carbocycles. The molecule has 0 radical (unpaired) electrons. The summed E-state index contributed by atoms with van der Waals surface area (Å²) in [4.78, 5) is 0. The summed E-state index contributed by atoms with van der Waals surface area (Å²) < 4.78 is 0. The van der Waals surface area contributed by atoms with E-state index in [1.165, 1.54) is 11.1 Å². The molecule has 1 aliphatic rings. The number of hydrogen-bond acceptors (Lipinski definition) is 2. The molecule has 0 aliphatic heterocycles. The lowest BCUT2D eigenvalue weighted by Gasteiger charge is -2.20. The van der Waals surface area contributed by atoms with E-state index in [9.17, 15) is 5.11 Å². The fraction of sp³-hybridized carbons (Fsp3) is 0.294. The minimum Gasteiger partial charge on any atom is -0.390 e. The number of rotatable bonds is 3. The maximum absolute atomic E-state index is 10.6. The van der Waals surface area contributed by atoms with E-state index >= 15 is 0 Å². The zero-order valence-corrected chi connectivity index (χ0v) is 13.2. The molecule has 0 heterocycles. The average molecular weight is 322 g/mol. The number of benzene rings is 2. The minimum absolute atomic E-state index is 0.0195. The number of fused-ring (bicyclic) bond motifs is 1. The molecular weight excluding hydrogens is 305 g/mol. The van der Waals surface area contributed by atoms with Crippen LogP contribution in [0.1, 0.15) is 28.7 Å². The van der Waals surface area contributed by atoms with Crippen LogP contribution in [0.25, 0.3) is 0 Å². The summed E-state index contributed by atoms with van der Waals surface area (Å²) in [6.45, 7) is 0. The van der Waals surface area contributed by atoms with Crippen LogP contribution in [0.3, 0.4) is 0 Å². The maximum Gasteiger partial charge on any atom is 0.0806 e. The Morgan fingerprint density at radius 1 is 1.05 bits per heavy atom. The molecule has 1 unspecified atom stereocenters. The molecule has 1 aliphatic carbocycles. The molecule has 4 heteroatoms. The van der Waals surface area contributed by atoms with E-state index in [1.807, 2.05) is 37.4 Å². The molecule has 110 valence electrons. The van der Waals surface area contributed by atoms with E-state index < -0.39 is 6.10 Å². The minimum atomic E-state index is -0.443. The molecule has 2 N–H and O–H groups in total. The van der Waals surface area contributed by atoms with E-state index in [0.717, 1.165) is 12.0 Å². The van der Waals surface area contributed by atoms with Gasteiger partial charge in [0.15, 0.2) is 0 Å². The molecule has 0 amide bonds. The van der Waals surface area contributed by atoms with Gasteiger partial charge in [-0.2, -0.15) is 0 Å². The Morgan fingerprint density at radius 3 is 2.43 bits per heavy atom. The molecule has 0 saturated heterocycles. The zero-order valence-electron chi connectivity index (χ0n) is 11.7. The average Bonchev–Trinajstić information content (AvgIpc) is 2.75. The number of aliphatic hydroxyl groups excluding tert-OH is 1. The van der Waals surface area contributed by atoms with Crippen molar-refractivity contribution in [1.29, 1.82) is 0 Å². The molecule has 0 aromatic heterocycles. The van der Waals surface area contributed by atoms with Crippen LogP contribution in [0.15, 0.2) is 42.5 Å². The normalized spacial score (nSPS) is 24.1. The second-order valence-electron chi connectivity index (χ2n) is 5.44. The molecule has 2 aromatic carbocycles. The molecular formula is C17H17Cl2NO. The highest BCUT2D eigenvalue weighted by molar-refractivity contribution is 6.42. The van der Waals surface area contributed by atoms with Crippen LogP contribution in [0.4, 0.5) is 0 Å². The first kappa shape index (κ1) is 14.9. The van der Waals surface area contributed by atoms with Crippen LogP contribution in [0.5, 0.6) is 0 Å². The summed E-state index contributed by atoms with van der Waals surface area (Å²) >= 11 is 12.0. The highest BCUT2D eigenvalue weighted by atomic mass is 35.5. The highest BCUT2D eigenvalue weighted by Gasteiger charge is 2.38. The summed E-state index contributed by atoms with van der Waals surface area (Å²) in [6.07, 6.45) is 0.301. The molecule has 21 heavy (non-hydrogen) atoms. The van der Waals surface area contributed by atoms with Gasteiger partial charge in [-0.3, -0.25) is 0 Å². The third kappa shape index (κ3) is 2.69. The number of nitrogens with one attached hydrogen (secondary N) is 1. The second-order valence-corrected chi connectivity index (χ2v) is 6.26. The third-order valence-electron chi connectivity index (χ3n) is 4.23. The molecule has 3 rings (SSSR count). The second kappa shape index (κ2) is 5.98. The standard InChI is InChI=1S/C17H17Cl2NO/c1-20-16-12-5-3-2-4-11(12)13(17(16)21)8-10-6-7-14(18)15(19)9-10/h2-7,9,13,16-17,20-21H,8H2,1H3/t13-,16+,17?/m0/s1. The Balaban J connectivity index is 1.93. The molecule has 0 bridgehead atoms. The number of halogens is 2. The maximum atomic E-state index is 10.6. The van der Waals surface area contributed by atoms with Gasteiger partial charge >= 0.3 is 0 Å². The highest BCUT2D eigenvalue weighted by Crippen LogP contribution is 2.42. The smallest absolute Gasteiger partial charge is 0.0806 e. The monoisotopic (exact) mass is 321 g/mol. The van der Waals surface area contributed by atoms with Crippen LogP contribution in [0, 0.1) is 0 Å². The van der Waals surface area contributed by atoms with Crippen molar-refractivity contribution in [2.24, 2.45) is 0 Å². The van der Waals surface area contributed by atoms with Crippen LogP contribution < -0.4 is 5.32 Å². The lowest BCUT2D eigenvalue weighted by Crippen LogP contribution is -2.28. The first-order valence-corrected chi connectivity index (χ1v) is 7.75. The Labute approximate surface area is 134 Å². The Bertz CT molecular complexity index is 659. The predicted octanol–water partition coefficient (Wildman–Crippen LogP) is 3.95. The number of aliphatic hydroxyl groups is 1. The van der Waals surface area contributed by atoms with E-state index in [4.69, 9.17) is 23.2 Å². The first-order valence-electron chi connectivity index (χ1n) is 7.00. The van der Waals surface area contributed by atoms with E-state index in [-0.39, 0.29) is 12.0 Å². The predicted molar refractivity (Wildman–Crippen MR) is 87.2 cm³/mol. The van der Waals surface area contributed by atoms with Gasteiger partial charge < -0.3 is 10.4 Å². The van der Waals surface area contributed by atoms with E-state index in [0.29, 0.717) is 10.0 Å². The third-order valence-corrected chi connectivity index (χ3v) is 4.97. The quantitative estimate of drug-likeness (QED) is 0.897. The van der Waals surface area contributed by atoms with E-state index in [1.54, 1.807) is 0 Å². The van der Waals surface area contributed by atoms with Gasteiger partial charge in [-0.25, -0.2) is 0 Å². The molecule has 0 fully saturated rings. The van der Waals surface area contributed by atoms with Crippen LogP contribution in [0.2, 0.25) is 10.0 Å². The summed E-state index contributed by atoms with van der Waals surface area (Å²) in [6, 6.07) is 13.8. The fourth-order valence-electron chi connectivity index (χ4n) is 3.21. The van der Waals surface area contributed by atoms with Crippen molar-refractivity contribution in [3.63, 3.8) is 0 Å². The Kier molecular flexibility index (Phi) is 4.23. The lowest BCUT2D eigenvalue weighted by atomic mass is 9.92. The zero-order chi connectivity index (χ0) is 15.0. The number of hydrogen-bond donors (Lipinski definition) is 2. The lowest BCUT2D eigenvalue weighted by molar-refractivity contribution is 0.118. The first-order chi connectivity index (χ1) is 10.1. The van der Waals surface area contributed by atoms with Gasteiger partial charge in [-0.05, 0) is 42.3 Å². The van der Waals surface area contributed by atoms with Crippen molar-refractivity contribution in [1.82, 2.24) is 5.32 Å². The summed E-state index contributed by atoms with van der Waals surface area (Å²) in [5, 5.41) is 15.0. The Morgan fingerprint density at radius 2 is 1.76 bits per heavy atom. The molecule has 2 aromatic rings. The van der Waals surface area contributed by atoms with E-state index in [2.05, 4.69) is 17.4 Å². The molecule has 2 nitrogen and oxygen atoms in total. The Hall–Kier alpha value is -1.06. The van der Waals surface area contributed by atoms with Crippen LogP contribution >= 0.6 is 23.2 Å². The van der Waals surface area contributed by atoms with Crippen molar-refractivity contribution in [2.45, 2.75) is 24.5 Å². The summed E-state index contributed by atoms with van der Waals surface area (Å²) in [5.41, 5.74) is 3.47. The number of likely N-dealkylation sites (N-methyl/N-ethyl adjacent to an activating group) is 1. The fourth-order valence-corrected chi connectivity index (χ4v) is 3.53. The van der Waals surface area contributed by atoms with Gasteiger partial charge in [0, 0.05) is 5.92 Å². The van der Waals surface area contributed by atoms with Gasteiger partial charge in [-0.15, -0.1) is 0 Å². The van der Waals surface area contributed by atoms with Gasteiger partial charge in [0.1, 0.15) is 0 Å². The largest absolute Gasteiger partial charge is 0.390 e. The van der Waals surface area contributed by atoms with Gasteiger partial charge in [0.25, 0.3) is 0 Å². The SMILES string of the molecule is CN[C@@H]1c2ccccc2[C@H](Cc2ccc(Cl)c(Cl)c2)C1O.